The Hall–Kier alpha value is -2.90. The van der Waals surface area contributed by atoms with E-state index in [1.54, 1.807) is 6.07 Å². The molecule has 3 aromatic rings. The maximum atomic E-state index is 12.5. The summed E-state index contributed by atoms with van der Waals surface area (Å²) in [6, 6.07) is 15.0. The first-order valence-electron chi connectivity index (χ1n) is 11.5. The van der Waals surface area contributed by atoms with Crippen LogP contribution in [0.5, 0.6) is 0 Å². The Labute approximate surface area is 207 Å². The van der Waals surface area contributed by atoms with Gasteiger partial charge in [0.05, 0.1) is 4.88 Å². The average Bonchev–Trinajstić information content (AvgIpc) is 3.25. The fraction of sp³-hybridized carbons (Fsp3) is 0.346. The molecule has 34 heavy (non-hydrogen) atoms. The topological polar surface area (TPSA) is 95.5 Å². The van der Waals surface area contributed by atoms with Gasteiger partial charge in [-0.2, -0.15) is 0 Å². The summed E-state index contributed by atoms with van der Waals surface area (Å²) in [6.45, 7) is 0.661. The van der Waals surface area contributed by atoms with Crippen molar-refractivity contribution in [3.8, 4) is 0 Å². The predicted octanol–water partition coefficient (Wildman–Crippen LogP) is 5.46. The van der Waals surface area contributed by atoms with E-state index >= 15 is 0 Å². The van der Waals surface area contributed by atoms with Crippen LogP contribution in [0.4, 0.5) is 0 Å². The van der Waals surface area contributed by atoms with E-state index in [9.17, 15) is 14.4 Å². The van der Waals surface area contributed by atoms with E-state index in [0.29, 0.717) is 34.5 Å². The minimum Gasteiger partial charge on any atom is -0.481 e. The molecule has 2 aromatic carbocycles. The van der Waals surface area contributed by atoms with E-state index in [1.165, 1.54) is 16.9 Å². The first-order valence-corrected chi connectivity index (χ1v) is 12.7. The van der Waals surface area contributed by atoms with Gasteiger partial charge < -0.3 is 15.7 Å². The zero-order valence-electron chi connectivity index (χ0n) is 18.7. The van der Waals surface area contributed by atoms with Gasteiger partial charge in [-0.1, -0.05) is 23.7 Å². The van der Waals surface area contributed by atoms with Gasteiger partial charge in [0, 0.05) is 34.8 Å². The third kappa shape index (κ3) is 6.15. The van der Waals surface area contributed by atoms with Crippen LogP contribution in [0, 0.1) is 5.92 Å². The zero-order chi connectivity index (χ0) is 24.1. The number of benzene rings is 2. The molecule has 1 aliphatic rings. The summed E-state index contributed by atoms with van der Waals surface area (Å²) in [5.41, 5.74) is 1.78. The van der Waals surface area contributed by atoms with Crippen molar-refractivity contribution < 1.29 is 19.5 Å². The molecule has 6 nitrogen and oxygen atoms in total. The highest BCUT2D eigenvalue weighted by Crippen LogP contribution is 2.37. The van der Waals surface area contributed by atoms with Crippen LogP contribution in [0.1, 0.15) is 63.6 Å². The summed E-state index contributed by atoms with van der Waals surface area (Å²) in [6.07, 6.45) is 4.08. The van der Waals surface area contributed by atoms with Crippen molar-refractivity contribution in [1.82, 2.24) is 10.6 Å². The van der Waals surface area contributed by atoms with Gasteiger partial charge in [0.1, 0.15) is 0 Å². The molecule has 1 saturated carbocycles. The smallest absolute Gasteiger partial charge is 0.303 e. The van der Waals surface area contributed by atoms with Crippen molar-refractivity contribution in [1.29, 1.82) is 0 Å². The summed E-state index contributed by atoms with van der Waals surface area (Å²) in [5, 5.41) is 16.2. The average molecular weight is 499 g/mol. The maximum Gasteiger partial charge on any atom is 0.303 e. The Balaban J connectivity index is 1.21. The number of thiophene rings is 1. The van der Waals surface area contributed by atoms with Gasteiger partial charge in [0.2, 0.25) is 0 Å². The first-order chi connectivity index (χ1) is 16.4. The van der Waals surface area contributed by atoms with Crippen LogP contribution in [0.2, 0.25) is 5.02 Å². The summed E-state index contributed by atoms with van der Waals surface area (Å²) in [7, 11) is 0. The number of rotatable bonds is 8. The highest BCUT2D eigenvalue weighted by Gasteiger charge is 2.24. The van der Waals surface area contributed by atoms with Gasteiger partial charge in [-0.05, 0) is 84.9 Å². The van der Waals surface area contributed by atoms with Gasteiger partial charge in [-0.3, -0.25) is 14.4 Å². The van der Waals surface area contributed by atoms with Crippen LogP contribution >= 0.6 is 22.9 Å². The molecule has 8 heteroatoms. The zero-order valence-corrected chi connectivity index (χ0v) is 20.3. The van der Waals surface area contributed by atoms with Crippen LogP contribution in [0.25, 0.3) is 10.1 Å². The number of amides is 2. The number of carboxylic acids is 1. The van der Waals surface area contributed by atoms with E-state index in [1.807, 2.05) is 42.5 Å². The highest BCUT2D eigenvalue weighted by atomic mass is 35.5. The van der Waals surface area contributed by atoms with Gasteiger partial charge in [0.25, 0.3) is 11.8 Å². The second-order valence-corrected chi connectivity index (χ2v) is 10.3. The third-order valence-corrected chi connectivity index (χ3v) is 7.70. The summed E-state index contributed by atoms with van der Waals surface area (Å²) in [5.74, 6) is -0.376. The van der Waals surface area contributed by atoms with Crippen molar-refractivity contribution in [3.63, 3.8) is 0 Å². The van der Waals surface area contributed by atoms with E-state index < -0.39 is 5.97 Å². The summed E-state index contributed by atoms with van der Waals surface area (Å²) >= 11 is 7.41. The monoisotopic (exact) mass is 498 g/mol. The fourth-order valence-electron chi connectivity index (χ4n) is 4.52. The Morgan fingerprint density at radius 1 is 0.912 bits per heavy atom. The first kappa shape index (κ1) is 24.2. The standard InChI is InChI=1S/C26H27ClN2O4S/c27-21-9-10-22-20(14-21)15-23(34-22)26(33)29-12-11-28-25(32)19-7-5-18(6-8-19)17-3-1-16(2-4-17)13-24(30)31/h5-10,14-17H,1-4,11-13H2,(H,28,32)(H,29,33)(H,30,31). The van der Waals surface area contributed by atoms with E-state index in [0.717, 1.165) is 35.8 Å². The molecule has 1 aromatic heterocycles. The van der Waals surface area contributed by atoms with Crippen molar-refractivity contribution >= 4 is 50.8 Å². The predicted molar refractivity (Wildman–Crippen MR) is 135 cm³/mol. The Morgan fingerprint density at radius 2 is 1.59 bits per heavy atom. The number of carbonyl (C=O) groups is 3. The number of fused-ring (bicyclic) bond motifs is 1. The number of hydrogen-bond acceptors (Lipinski definition) is 4. The van der Waals surface area contributed by atoms with Gasteiger partial charge in [-0.25, -0.2) is 0 Å². The number of nitrogens with one attached hydrogen (secondary N) is 2. The lowest BCUT2D eigenvalue weighted by Gasteiger charge is -2.28. The molecule has 4 rings (SSSR count). The summed E-state index contributed by atoms with van der Waals surface area (Å²) in [4.78, 5) is 36.4. The van der Waals surface area contributed by atoms with Crippen molar-refractivity contribution in [2.24, 2.45) is 5.92 Å². The van der Waals surface area contributed by atoms with E-state index in [4.69, 9.17) is 16.7 Å². The van der Waals surface area contributed by atoms with Gasteiger partial charge >= 0.3 is 5.97 Å². The van der Waals surface area contributed by atoms with Crippen molar-refractivity contribution in [2.45, 2.75) is 38.0 Å². The Bertz CT molecular complexity index is 1180. The molecule has 1 fully saturated rings. The second kappa shape index (κ2) is 11.0. The lowest BCUT2D eigenvalue weighted by atomic mass is 9.77. The van der Waals surface area contributed by atoms with Crippen LogP contribution < -0.4 is 10.6 Å². The van der Waals surface area contributed by atoms with E-state index in [-0.39, 0.29) is 24.2 Å². The van der Waals surface area contributed by atoms with Gasteiger partial charge in [-0.15, -0.1) is 11.3 Å². The van der Waals surface area contributed by atoms with Crippen LogP contribution in [0.15, 0.2) is 48.5 Å². The SMILES string of the molecule is O=C(O)CC1CCC(c2ccc(C(=O)NCCNC(=O)c3cc4cc(Cl)ccc4s3)cc2)CC1. The maximum absolute atomic E-state index is 12.5. The molecule has 0 bridgehead atoms. The molecule has 0 aliphatic heterocycles. The second-order valence-electron chi connectivity index (χ2n) is 8.74. The van der Waals surface area contributed by atoms with Crippen molar-refractivity contribution in [3.05, 3.63) is 69.6 Å². The number of carbonyl (C=O) groups excluding carboxylic acids is 2. The molecule has 178 valence electrons. The molecule has 0 saturated heterocycles. The van der Waals surface area contributed by atoms with Crippen LogP contribution in [0.3, 0.4) is 0 Å². The lowest BCUT2D eigenvalue weighted by Crippen LogP contribution is -2.34. The molecule has 1 heterocycles. The molecule has 0 spiro atoms. The fourth-order valence-corrected chi connectivity index (χ4v) is 5.66. The molecule has 0 unspecified atom stereocenters. The quantitative estimate of drug-likeness (QED) is 0.359. The van der Waals surface area contributed by atoms with Crippen LogP contribution in [-0.2, 0) is 4.79 Å². The number of hydrogen-bond donors (Lipinski definition) is 3. The minimum absolute atomic E-state index is 0.172. The highest BCUT2D eigenvalue weighted by molar-refractivity contribution is 7.20. The lowest BCUT2D eigenvalue weighted by molar-refractivity contribution is -0.138. The molecular formula is C26H27ClN2O4S. The molecule has 1 aliphatic carbocycles. The molecular weight excluding hydrogens is 472 g/mol. The normalized spacial score (nSPS) is 17.9. The molecule has 2 amide bonds. The van der Waals surface area contributed by atoms with Gasteiger partial charge in [0.15, 0.2) is 0 Å². The van der Waals surface area contributed by atoms with Crippen molar-refractivity contribution in [2.75, 3.05) is 13.1 Å². The minimum atomic E-state index is -0.719. The van der Waals surface area contributed by atoms with Crippen LogP contribution in [-0.4, -0.2) is 36.0 Å². The Kier molecular flexibility index (Phi) is 7.85. The summed E-state index contributed by atoms with van der Waals surface area (Å²) < 4.78 is 1.000. The third-order valence-electron chi connectivity index (χ3n) is 6.35. The number of halogens is 1. The molecule has 3 N–H and O–H groups in total. The molecule has 0 atom stereocenters. The number of carboxylic acid groups (broad SMARTS) is 1. The Morgan fingerprint density at radius 3 is 2.26 bits per heavy atom. The molecule has 0 radical (unpaired) electrons. The number of aliphatic carboxylic acids is 1. The van der Waals surface area contributed by atoms with E-state index in [2.05, 4.69) is 10.6 Å². The largest absolute Gasteiger partial charge is 0.481 e.